The second-order valence-electron chi connectivity index (χ2n) is 4.66. The maximum atomic E-state index is 3.51. The van der Waals surface area contributed by atoms with Crippen LogP contribution in [-0.2, 0) is 0 Å². The summed E-state index contributed by atoms with van der Waals surface area (Å²) < 4.78 is 0. The summed E-state index contributed by atoms with van der Waals surface area (Å²) in [5, 5.41) is 3.51. The zero-order chi connectivity index (χ0) is 12.2. The van der Waals surface area contributed by atoms with Crippen LogP contribution in [0.2, 0.25) is 0 Å². The molecule has 3 rings (SSSR count). The van der Waals surface area contributed by atoms with E-state index >= 15 is 0 Å². The lowest BCUT2D eigenvalue weighted by Crippen LogP contribution is -2.23. The smallest absolute Gasteiger partial charge is 0.0357 e. The van der Waals surface area contributed by atoms with Gasteiger partial charge in [0, 0.05) is 12.6 Å². The van der Waals surface area contributed by atoms with Gasteiger partial charge in [0.1, 0.15) is 0 Å². The minimum absolute atomic E-state index is 0.472. The van der Waals surface area contributed by atoms with E-state index in [1.54, 1.807) is 0 Å². The van der Waals surface area contributed by atoms with E-state index in [1.807, 2.05) is 0 Å². The third-order valence-corrected chi connectivity index (χ3v) is 3.44. The molecule has 0 fully saturated rings. The lowest BCUT2D eigenvalue weighted by atomic mass is 9.98. The summed E-state index contributed by atoms with van der Waals surface area (Å²) in [5.74, 6) is 0. The molecule has 1 nitrogen and oxygen atoms in total. The molecule has 0 bridgehead atoms. The van der Waals surface area contributed by atoms with Gasteiger partial charge < -0.3 is 5.32 Å². The zero-order valence-electron chi connectivity index (χ0n) is 10.3. The molecule has 1 heteroatoms. The molecule has 0 aliphatic carbocycles. The zero-order valence-corrected chi connectivity index (χ0v) is 10.3. The lowest BCUT2D eigenvalue weighted by Gasteiger charge is -2.20. The van der Waals surface area contributed by atoms with Crippen molar-refractivity contribution in [3.63, 3.8) is 0 Å². The van der Waals surface area contributed by atoms with Crippen molar-refractivity contribution in [2.75, 3.05) is 6.54 Å². The van der Waals surface area contributed by atoms with Gasteiger partial charge in [-0.1, -0.05) is 66.7 Å². The first-order valence-corrected chi connectivity index (χ1v) is 6.47. The Bertz CT molecular complexity index is 525. The highest BCUT2D eigenvalue weighted by atomic mass is 14.9. The molecular weight excluding hydrogens is 218 g/mol. The fraction of sp³-hybridized carbons (Fsp3) is 0.176. The molecular formula is C17H17N. The predicted molar refractivity (Wildman–Crippen MR) is 76.4 cm³/mol. The molecule has 1 atom stereocenters. The van der Waals surface area contributed by atoms with Gasteiger partial charge in [0.15, 0.2) is 0 Å². The molecule has 1 unspecified atom stereocenters. The Morgan fingerprint density at radius 3 is 2.17 bits per heavy atom. The second-order valence-corrected chi connectivity index (χ2v) is 4.66. The van der Waals surface area contributed by atoms with Crippen molar-refractivity contribution in [3.05, 3.63) is 72.3 Å². The SMILES string of the molecule is C1=CCC(c2ccc(-c3ccccc3)cc2)NC1. The molecule has 2 aromatic carbocycles. The van der Waals surface area contributed by atoms with Crippen molar-refractivity contribution in [2.24, 2.45) is 0 Å². The van der Waals surface area contributed by atoms with Crippen LogP contribution in [0.5, 0.6) is 0 Å². The molecule has 18 heavy (non-hydrogen) atoms. The second kappa shape index (κ2) is 5.19. The van der Waals surface area contributed by atoms with E-state index < -0.39 is 0 Å². The van der Waals surface area contributed by atoms with Crippen molar-refractivity contribution in [1.82, 2.24) is 5.32 Å². The van der Waals surface area contributed by atoms with Crippen LogP contribution < -0.4 is 5.32 Å². The summed E-state index contributed by atoms with van der Waals surface area (Å²) in [4.78, 5) is 0. The van der Waals surface area contributed by atoms with Gasteiger partial charge in [0.2, 0.25) is 0 Å². The molecule has 1 N–H and O–H groups in total. The van der Waals surface area contributed by atoms with E-state index in [0.29, 0.717) is 6.04 Å². The molecule has 90 valence electrons. The number of rotatable bonds is 2. The summed E-state index contributed by atoms with van der Waals surface area (Å²) >= 11 is 0. The quantitative estimate of drug-likeness (QED) is 0.777. The third-order valence-electron chi connectivity index (χ3n) is 3.44. The molecule has 0 aromatic heterocycles. The highest BCUT2D eigenvalue weighted by Crippen LogP contribution is 2.24. The van der Waals surface area contributed by atoms with E-state index in [4.69, 9.17) is 0 Å². The van der Waals surface area contributed by atoms with Gasteiger partial charge in [-0.05, 0) is 23.1 Å². The third kappa shape index (κ3) is 2.36. The summed E-state index contributed by atoms with van der Waals surface area (Å²) in [6, 6.07) is 19.9. The fourth-order valence-electron chi connectivity index (χ4n) is 2.40. The van der Waals surface area contributed by atoms with Gasteiger partial charge in [-0.25, -0.2) is 0 Å². The van der Waals surface area contributed by atoms with Crippen LogP contribution in [0.25, 0.3) is 11.1 Å². The molecule has 2 aromatic rings. The first-order chi connectivity index (χ1) is 8.93. The molecule has 0 spiro atoms. The monoisotopic (exact) mass is 235 g/mol. The maximum absolute atomic E-state index is 3.51. The molecule has 0 saturated carbocycles. The Labute approximate surface area is 108 Å². The minimum atomic E-state index is 0.472. The van der Waals surface area contributed by atoms with Crippen LogP contribution >= 0.6 is 0 Å². The van der Waals surface area contributed by atoms with Gasteiger partial charge in [0.25, 0.3) is 0 Å². The standard InChI is InChI=1S/C17H17N/c1-2-6-14(7-3-1)15-9-11-16(12-10-15)17-8-4-5-13-18-17/h1-7,9-12,17-18H,8,13H2. The number of hydrogen-bond acceptors (Lipinski definition) is 1. The summed E-state index contributed by atoms with van der Waals surface area (Å²) in [5.41, 5.74) is 3.94. The normalized spacial score (nSPS) is 18.8. The molecule has 0 radical (unpaired) electrons. The van der Waals surface area contributed by atoms with Crippen molar-refractivity contribution in [2.45, 2.75) is 12.5 Å². The highest BCUT2D eigenvalue weighted by Gasteiger charge is 2.10. The predicted octanol–water partition coefficient (Wildman–Crippen LogP) is 3.94. The van der Waals surface area contributed by atoms with E-state index in [2.05, 4.69) is 72.1 Å². The Hall–Kier alpha value is -1.86. The summed E-state index contributed by atoms with van der Waals surface area (Å²) in [6.07, 6.45) is 5.53. The molecule has 1 aliphatic heterocycles. The van der Waals surface area contributed by atoms with E-state index in [0.717, 1.165) is 13.0 Å². The van der Waals surface area contributed by atoms with Crippen molar-refractivity contribution in [3.8, 4) is 11.1 Å². The van der Waals surface area contributed by atoms with Crippen molar-refractivity contribution in [1.29, 1.82) is 0 Å². The average molecular weight is 235 g/mol. The van der Waals surface area contributed by atoms with E-state index in [-0.39, 0.29) is 0 Å². The van der Waals surface area contributed by atoms with Crippen LogP contribution in [0.15, 0.2) is 66.7 Å². The first-order valence-electron chi connectivity index (χ1n) is 6.47. The molecule has 1 heterocycles. The number of nitrogens with one attached hydrogen (secondary N) is 1. The van der Waals surface area contributed by atoms with Gasteiger partial charge in [-0.15, -0.1) is 0 Å². The maximum Gasteiger partial charge on any atom is 0.0357 e. The van der Waals surface area contributed by atoms with E-state index in [9.17, 15) is 0 Å². The Kier molecular flexibility index (Phi) is 3.24. The molecule has 0 saturated heterocycles. The Balaban J connectivity index is 1.83. The minimum Gasteiger partial charge on any atom is -0.306 e. The van der Waals surface area contributed by atoms with Gasteiger partial charge in [0.05, 0.1) is 0 Å². The number of benzene rings is 2. The van der Waals surface area contributed by atoms with Crippen LogP contribution in [0, 0.1) is 0 Å². The van der Waals surface area contributed by atoms with Gasteiger partial charge in [-0.2, -0.15) is 0 Å². The summed E-state index contributed by atoms with van der Waals surface area (Å²) in [6.45, 7) is 0.977. The van der Waals surface area contributed by atoms with Crippen LogP contribution in [0.1, 0.15) is 18.0 Å². The van der Waals surface area contributed by atoms with Crippen molar-refractivity contribution >= 4 is 0 Å². The Morgan fingerprint density at radius 2 is 1.50 bits per heavy atom. The van der Waals surface area contributed by atoms with Crippen LogP contribution in [0.3, 0.4) is 0 Å². The Morgan fingerprint density at radius 1 is 0.778 bits per heavy atom. The van der Waals surface area contributed by atoms with Gasteiger partial charge in [-0.3, -0.25) is 0 Å². The summed E-state index contributed by atoms with van der Waals surface area (Å²) in [7, 11) is 0. The van der Waals surface area contributed by atoms with E-state index in [1.165, 1.54) is 16.7 Å². The first kappa shape index (κ1) is 11.2. The topological polar surface area (TPSA) is 12.0 Å². The lowest BCUT2D eigenvalue weighted by molar-refractivity contribution is 0.555. The molecule has 1 aliphatic rings. The fourth-order valence-corrected chi connectivity index (χ4v) is 2.40. The van der Waals surface area contributed by atoms with Crippen LogP contribution in [0.4, 0.5) is 0 Å². The van der Waals surface area contributed by atoms with Crippen molar-refractivity contribution < 1.29 is 0 Å². The highest BCUT2D eigenvalue weighted by molar-refractivity contribution is 5.63. The molecule has 0 amide bonds. The van der Waals surface area contributed by atoms with Gasteiger partial charge >= 0.3 is 0 Å². The van der Waals surface area contributed by atoms with Crippen LogP contribution in [-0.4, -0.2) is 6.54 Å². The number of hydrogen-bond donors (Lipinski definition) is 1. The largest absolute Gasteiger partial charge is 0.306 e. The average Bonchev–Trinajstić information content (AvgIpc) is 2.49.